The Balaban J connectivity index is 1.86. The van der Waals surface area contributed by atoms with Crippen molar-refractivity contribution in [2.75, 3.05) is 31.7 Å². The van der Waals surface area contributed by atoms with E-state index < -0.39 is 5.97 Å². The standard InChI is InChI=1S/C13H18N2O3/c1-15(7-8-18-9-10-4-5-10)11-3-2-6-14-12(11)13(16)17/h2-3,6,10H,4-5,7-9H2,1H3,(H,16,17). The Morgan fingerprint density at radius 1 is 1.61 bits per heavy atom. The molecule has 0 aromatic carbocycles. The minimum atomic E-state index is -1.00. The van der Waals surface area contributed by atoms with E-state index in [-0.39, 0.29) is 5.69 Å². The van der Waals surface area contributed by atoms with Gasteiger partial charge in [-0.1, -0.05) is 0 Å². The molecular weight excluding hydrogens is 232 g/mol. The molecule has 1 fully saturated rings. The van der Waals surface area contributed by atoms with E-state index >= 15 is 0 Å². The minimum absolute atomic E-state index is 0.0854. The molecule has 0 atom stereocenters. The summed E-state index contributed by atoms with van der Waals surface area (Å²) in [5.74, 6) is -0.250. The van der Waals surface area contributed by atoms with Crippen LogP contribution in [0.25, 0.3) is 0 Å². The van der Waals surface area contributed by atoms with Crippen LogP contribution in [0.2, 0.25) is 0 Å². The fraction of sp³-hybridized carbons (Fsp3) is 0.538. The van der Waals surface area contributed by atoms with Gasteiger partial charge in [0.15, 0.2) is 5.69 Å². The normalized spacial score (nSPS) is 14.5. The quantitative estimate of drug-likeness (QED) is 0.745. The van der Waals surface area contributed by atoms with Crippen LogP contribution in [0, 0.1) is 5.92 Å². The van der Waals surface area contributed by atoms with Crippen LogP contribution in [-0.2, 0) is 4.74 Å². The predicted octanol–water partition coefficient (Wildman–Crippen LogP) is 1.64. The number of carboxylic acid groups (broad SMARTS) is 1. The van der Waals surface area contributed by atoms with Crippen LogP contribution in [0.4, 0.5) is 5.69 Å². The number of carboxylic acids is 1. The molecule has 0 spiro atoms. The highest BCUT2D eigenvalue weighted by atomic mass is 16.5. The van der Waals surface area contributed by atoms with E-state index in [9.17, 15) is 4.79 Å². The first-order valence-electron chi connectivity index (χ1n) is 6.15. The molecule has 0 radical (unpaired) electrons. The first-order chi connectivity index (χ1) is 8.68. The van der Waals surface area contributed by atoms with Gasteiger partial charge in [-0.25, -0.2) is 9.78 Å². The Morgan fingerprint density at radius 3 is 3.06 bits per heavy atom. The van der Waals surface area contributed by atoms with Gasteiger partial charge in [-0.05, 0) is 30.9 Å². The second-order valence-corrected chi connectivity index (χ2v) is 4.62. The zero-order chi connectivity index (χ0) is 13.0. The number of hydrogen-bond donors (Lipinski definition) is 1. The summed E-state index contributed by atoms with van der Waals surface area (Å²) in [6, 6.07) is 3.50. The monoisotopic (exact) mass is 250 g/mol. The lowest BCUT2D eigenvalue weighted by Crippen LogP contribution is -2.25. The molecule has 2 rings (SSSR count). The Morgan fingerprint density at radius 2 is 2.39 bits per heavy atom. The topological polar surface area (TPSA) is 62.7 Å². The third-order valence-electron chi connectivity index (χ3n) is 3.02. The molecule has 0 amide bonds. The van der Waals surface area contributed by atoms with Crippen molar-refractivity contribution in [3.63, 3.8) is 0 Å². The maximum Gasteiger partial charge on any atom is 0.356 e. The summed E-state index contributed by atoms with van der Waals surface area (Å²) in [5, 5.41) is 9.05. The molecule has 5 heteroatoms. The van der Waals surface area contributed by atoms with Crippen LogP contribution in [0.5, 0.6) is 0 Å². The van der Waals surface area contributed by atoms with E-state index in [1.807, 2.05) is 11.9 Å². The Bertz CT molecular complexity index is 418. The second-order valence-electron chi connectivity index (χ2n) is 4.62. The molecular formula is C13H18N2O3. The van der Waals surface area contributed by atoms with Crippen LogP contribution in [0.15, 0.2) is 18.3 Å². The number of pyridine rings is 1. The van der Waals surface area contributed by atoms with Crippen molar-refractivity contribution in [1.82, 2.24) is 4.98 Å². The molecule has 18 heavy (non-hydrogen) atoms. The van der Waals surface area contributed by atoms with Crippen LogP contribution in [0.3, 0.4) is 0 Å². The van der Waals surface area contributed by atoms with Crippen molar-refractivity contribution >= 4 is 11.7 Å². The van der Waals surface area contributed by atoms with Gasteiger partial charge in [0.25, 0.3) is 0 Å². The van der Waals surface area contributed by atoms with Crippen LogP contribution >= 0.6 is 0 Å². The molecule has 1 aromatic heterocycles. The third-order valence-corrected chi connectivity index (χ3v) is 3.02. The molecule has 98 valence electrons. The summed E-state index contributed by atoms with van der Waals surface area (Å²) in [6.45, 7) is 2.10. The number of anilines is 1. The molecule has 0 unspecified atom stereocenters. The first kappa shape index (κ1) is 12.8. The van der Waals surface area contributed by atoms with Gasteiger partial charge in [-0.2, -0.15) is 0 Å². The zero-order valence-electron chi connectivity index (χ0n) is 10.5. The van der Waals surface area contributed by atoms with Crippen molar-refractivity contribution < 1.29 is 14.6 Å². The van der Waals surface area contributed by atoms with E-state index in [0.717, 1.165) is 12.5 Å². The number of rotatable bonds is 7. The minimum Gasteiger partial charge on any atom is -0.476 e. The van der Waals surface area contributed by atoms with Crippen LogP contribution in [0.1, 0.15) is 23.3 Å². The summed E-state index contributed by atoms with van der Waals surface area (Å²) in [6.07, 6.45) is 4.05. The SMILES string of the molecule is CN(CCOCC1CC1)c1cccnc1C(=O)O. The van der Waals surface area contributed by atoms with Gasteiger partial charge < -0.3 is 14.7 Å². The van der Waals surface area contributed by atoms with E-state index in [1.54, 1.807) is 12.1 Å². The highest BCUT2D eigenvalue weighted by Gasteiger charge is 2.21. The van der Waals surface area contributed by atoms with Gasteiger partial charge in [-0.3, -0.25) is 0 Å². The molecule has 1 heterocycles. The Hall–Kier alpha value is -1.62. The average molecular weight is 250 g/mol. The van der Waals surface area contributed by atoms with E-state index in [2.05, 4.69) is 4.98 Å². The lowest BCUT2D eigenvalue weighted by atomic mass is 10.2. The second kappa shape index (κ2) is 5.82. The third kappa shape index (κ3) is 3.43. The fourth-order valence-electron chi connectivity index (χ4n) is 1.73. The van der Waals surface area contributed by atoms with Gasteiger partial charge >= 0.3 is 5.97 Å². The molecule has 1 saturated carbocycles. The highest BCUT2D eigenvalue weighted by Crippen LogP contribution is 2.28. The number of aromatic nitrogens is 1. The maximum atomic E-state index is 11.0. The smallest absolute Gasteiger partial charge is 0.356 e. The van der Waals surface area contributed by atoms with Crippen molar-refractivity contribution in [2.24, 2.45) is 5.92 Å². The van der Waals surface area contributed by atoms with E-state index in [4.69, 9.17) is 9.84 Å². The molecule has 1 aromatic rings. The fourth-order valence-corrected chi connectivity index (χ4v) is 1.73. The summed E-state index contributed by atoms with van der Waals surface area (Å²) in [4.78, 5) is 16.8. The van der Waals surface area contributed by atoms with Gasteiger partial charge in [0.1, 0.15) is 0 Å². The molecule has 0 aliphatic heterocycles. The maximum absolute atomic E-state index is 11.0. The number of carbonyl (C=O) groups is 1. The van der Waals surface area contributed by atoms with Gasteiger partial charge in [0.2, 0.25) is 0 Å². The number of hydrogen-bond acceptors (Lipinski definition) is 4. The van der Waals surface area contributed by atoms with Crippen molar-refractivity contribution in [1.29, 1.82) is 0 Å². The van der Waals surface area contributed by atoms with E-state index in [1.165, 1.54) is 19.0 Å². The lowest BCUT2D eigenvalue weighted by Gasteiger charge is -2.20. The van der Waals surface area contributed by atoms with Crippen molar-refractivity contribution in [3.05, 3.63) is 24.0 Å². The lowest BCUT2D eigenvalue weighted by molar-refractivity contribution is 0.0691. The Kier molecular flexibility index (Phi) is 4.15. The molecule has 1 aliphatic rings. The first-order valence-corrected chi connectivity index (χ1v) is 6.15. The highest BCUT2D eigenvalue weighted by molar-refractivity contribution is 5.92. The molecule has 0 bridgehead atoms. The molecule has 1 aliphatic carbocycles. The molecule has 5 nitrogen and oxygen atoms in total. The van der Waals surface area contributed by atoms with Crippen LogP contribution < -0.4 is 4.90 Å². The number of ether oxygens (including phenoxy) is 1. The number of aromatic carboxylic acids is 1. The van der Waals surface area contributed by atoms with E-state index in [0.29, 0.717) is 18.8 Å². The Labute approximate surface area is 106 Å². The predicted molar refractivity (Wildman–Crippen MR) is 68.0 cm³/mol. The number of likely N-dealkylation sites (N-methyl/N-ethyl adjacent to an activating group) is 1. The average Bonchev–Trinajstić information content (AvgIpc) is 3.18. The molecule has 0 saturated heterocycles. The van der Waals surface area contributed by atoms with Gasteiger partial charge in [0.05, 0.1) is 12.3 Å². The summed E-state index contributed by atoms with van der Waals surface area (Å²) in [7, 11) is 1.85. The summed E-state index contributed by atoms with van der Waals surface area (Å²) >= 11 is 0. The zero-order valence-corrected chi connectivity index (χ0v) is 10.5. The summed E-state index contributed by atoms with van der Waals surface area (Å²) < 4.78 is 5.54. The van der Waals surface area contributed by atoms with Crippen LogP contribution in [-0.4, -0.2) is 42.9 Å². The van der Waals surface area contributed by atoms with Gasteiger partial charge in [-0.15, -0.1) is 0 Å². The van der Waals surface area contributed by atoms with Crippen molar-refractivity contribution in [3.8, 4) is 0 Å². The largest absolute Gasteiger partial charge is 0.476 e. The summed E-state index contributed by atoms with van der Waals surface area (Å²) in [5.41, 5.74) is 0.710. The molecule has 1 N–H and O–H groups in total. The van der Waals surface area contributed by atoms with Gasteiger partial charge in [0, 0.05) is 26.4 Å². The number of nitrogens with zero attached hydrogens (tertiary/aromatic N) is 2. The van der Waals surface area contributed by atoms with Crippen molar-refractivity contribution in [2.45, 2.75) is 12.8 Å².